The van der Waals surface area contributed by atoms with Crippen LogP contribution in [0, 0.1) is 5.41 Å². The van der Waals surface area contributed by atoms with Crippen molar-refractivity contribution in [3.05, 3.63) is 29.3 Å². The zero-order chi connectivity index (χ0) is 15.1. The van der Waals surface area contributed by atoms with Crippen LogP contribution in [0.5, 0.6) is 0 Å². The molecule has 0 saturated carbocycles. The number of fused-ring (bicyclic) bond motifs is 1. The second kappa shape index (κ2) is 4.86. The molecule has 2 N–H and O–H groups in total. The lowest BCUT2D eigenvalue weighted by atomic mass is 9.92. The summed E-state index contributed by atoms with van der Waals surface area (Å²) in [5.74, 6) is 0.0733. The molecule has 0 aliphatic carbocycles. The van der Waals surface area contributed by atoms with Gasteiger partial charge < -0.3 is 4.90 Å². The van der Waals surface area contributed by atoms with E-state index >= 15 is 0 Å². The zero-order valence-electron chi connectivity index (χ0n) is 12.0. The summed E-state index contributed by atoms with van der Waals surface area (Å²) in [6.45, 7) is 6.75. The molecule has 6 heteroatoms. The fourth-order valence-corrected chi connectivity index (χ4v) is 2.92. The van der Waals surface area contributed by atoms with Crippen LogP contribution in [0.25, 0.3) is 0 Å². The van der Waals surface area contributed by atoms with Crippen molar-refractivity contribution in [2.24, 2.45) is 10.6 Å². The normalized spacial score (nSPS) is 15.9. The molecule has 0 spiro atoms. The van der Waals surface area contributed by atoms with Gasteiger partial charge in [-0.3, -0.25) is 4.79 Å². The van der Waals surface area contributed by atoms with E-state index in [-0.39, 0.29) is 10.8 Å². The van der Waals surface area contributed by atoms with E-state index in [2.05, 4.69) is 0 Å². The van der Waals surface area contributed by atoms with Gasteiger partial charge in [0.05, 0.1) is 4.90 Å². The van der Waals surface area contributed by atoms with Crippen molar-refractivity contribution in [1.29, 1.82) is 0 Å². The summed E-state index contributed by atoms with van der Waals surface area (Å²) in [4.78, 5) is 14.2. The van der Waals surface area contributed by atoms with Crippen LogP contribution in [-0.4, -0.2) is 25.8 Å². The minimum Gasteiger partial charge on any atom is -0.338 e. The quantitative estimate of drug-likeness (QED) is 0.847. The molecule has 110 valence electrons. The van der Waals surface area contributed by atoms with Crippen LogP contribution < -0.4 is 5.14 Å². The van der Waals surface area contributed by atoms with E-state index in [9.17, 15) is 13.2 Å². The van der Waals surface area contributed by atoms with Crippen LogP contribution in [-0.2, 0) is 27.8 Å². The first-order valence-electron chi connectivity index (χ1n) is 6.53. The summed E-state index contributed by atoms with van der Waals surface area (Å²) in [5, 5.41) is 5.15. The summed E-state index contributed by atoms with van der Waals surface area (Å²) < 4.78 is 22.8. The van der Waals surface area contributed by atoms with Gasteiger partial charge in [-0.2, -0.15) is 0 Å². The number of hydrogen-bond donors (Lipinski definition) is 1. The van der Waals surface area contributed by atoms with Crippen molar-refractivity contribution >= 4 is 15.9 Å². The van der Waals surface area contributed by atoms with Crippen LogP contribution >= 0.6 is 0 Å². The predicted molar refractivity (Wildman–Crippen MR) is 76.4 cm³/mol. The van der Waals surface area contributed by atoms with Crippen LogP contribution in [0.1, 0.15) is 31.9 Å². The Hall–Kier alpha value is -1.40. The van der Waals surface area contributed by atoms with Crippen LogP contribution in [0.3, 0.4) is 0 Å². The first-order chi connectivity index (χ1) is 9.09. The number of carbonyl (C=O) groups is 1. The second-order valence-electron chi connectivity index (χ2n) is 6.20. The van der Waals surface area contributed by atoms with Gasteiger partial charge in [0.25, 0.3) is 0 Å². The number of nitrogens with two attached hydrogens (primary N) is 1. The molecule has 1 aliphatic rings. The maximum atomic E-state index is 12.3. The third kappa shape index (κ3) is 3.02. The predicted octanol–water partition coefficient (Wildman–Crippen LogP) is 1.26. The van der Waals surface area contributed by atoms with Crippen molar-refractivity contribution in [2.45, 2.75) is 38.6 Å². The number of amides is 1. The maximum Gasteiger partial charge on any atom is 0.238 e. The molecule has 0 unspecified atom stereocenters. The molecule has 1 aromatic carbocycles. The highest BCUT2D eigenvalue weighted by Gasteiger charge is 2.29. The molecule has 20 heavy (non-hydrogen) atoms. The first kappa shape index (κ1) is 15.0. The summed E-state index contributed by atoms with van der Waals surface area (Å²) >= 11 is 0. The lowest BCUT2D eigenvalue weighted by Crippen LogP contribution is -2.42. The fraction of sp³-hybridized carbons (Fsp3) is 0.500. The Morgan fingerprint density at radius 1 is 1.25 bits per heavy atom. The molecule has 2 rings (SSSR count). The Kier molecular flexibility index (Phi) is 3.64. The van der Waals surface area contributed by atoms with E-state index in [1.54, 1.807) is 17.0 Å². The Bertz CT molecular complexity index is 645. The molecule has 1 aromatic rings. The summed E-state index contributed by atoms with van der Waals surface area (Å²) in [6, 6.07) is 4.89. The number of benzene rings is 1. The minimum atomic E-state index is -3.71. The number of nitrogens with zero attached hydrogens (tertiary/aromatic N) is 1. The molecule has 1 amide bonds. The zero-order valence-corrected chi connectivity index (χ0v) is 12.8. The average Bonchev–Trinajstić information content (AvgIpc) is 2.34. The minimum absolute atomic E-state index is 0.0733. The molecule has 0 radical (unpaired) electrons. The molecule has 0 atom stereocenters. The van der Waals surface area contributed by atoms with Crippen molar-refractivity contribution in [1.82, 2.24) is 4.90 Å². The molecule has 1 aliphatic heterocycles. The third-order valence-electron chi connectivity index (χ3n) is 3.45. The van der Waals surface area contributed by atoms with Crippen molar-refractivity contribution in [3.63, 3.8) is 0 Å². The Morgan fingerprint density at radius 3 is 2.45 bits per heavy atom. The third-order valence-corrected chi connectivity index (χ3v) is 4.36. The number of sulfonamides is 1. The van der Waals surface area contributed by atoms with Crippen LogP contribution in [0.4, 0.5) is 0 Å². The molecular formula is C14H20N2O3S. The molecular weight excluding hydrogens is 276 g/mol. The topological polar surface area (TPSA) is 80.5 Å². The Morgan fingerprint density at radius 2 is 1.90 bits per heavy atom. The van der Waals surface area contributed by atoms with Gasteiger partial charge in [0.15, 0.2) is 0 Å². The number of hydrogen-bond acceptors (Lipinski definition) is 3. The van der Waals surface area contributed by atoms with E-state index in [4.69, 9.17) is 5.14 Å². The number of rotatable bonds is 1. The molecule has 0 saturated heterocycles. The molecule has 0 fully saturated rings. The molecule has 5 nitrogen and oxygen atoms in total. The lowest BCUT2D eigenvalue weighted by Gasteiger charge is -2.33. The average molecular weight is 296 g/mol. The molecule has 0 aromatic heterocycles. The van der Waals surface area contributed by atoms with Gasteiger partial charge in [0.1, 0.15) is 0 Å². The van der Waals surface area contributed by atoms with Crippen molar-refractivity contribution in [2.75, 3.05) is 6.54 Å². The van der Waals surface area contributed by atoms with Gasteiger partial charge in [0, 0.05) is 18.5 Å². The maximum absolute atomic E-state index is 12.3. The standard InChI is InChI=1S/C14H20N2O3S/c1-14(2,3)13(17)16-7-6-10-4-5-12(20(15,18)19)8-11(10)9-16/h4-5,8H,6-7,9H2,1-3H3,(H2,15,18,19). The fourth-order valence-electron chi connectivity index (χ4n) is 2.36. The number of carbonyl (C=O) groups excluding carboxylic acids is 1. The Balaban J connectivity index is 2.32. The Labute approximate surface area is 119 Å². The smallest absolute Gasteiger partial charge is 0.238 e. The molecule has 1 heterocycles. The van der Waals surface area contributed by atoms with E-state index in [0.29, 0.717) is 13.1 Å². The lowest BCUT2D eigenvalue weighted by molar-refractivity contribution is -0.140. The van der Waals surface area contributed by atoms with Crippen LogP contribution in [0.2, 0.25) is 0 Å². The highest BCUT2D eigenvalue weighted by molar-refractivity contribution is 7.89. The highest BCUT2D eigenvalue weighted by atomic mass is 32.2. The van der Waals surface area contributed by atoms with Crippen LogP contribution in [0.15, 0.2) is 23.1 Å². The van der Waals surface area contributed by atoms with Crippen molar-refractivity contribution in [3.8, 4) is 0 Å². The second-order valence-corrected chi connectivity index (χ2v) is 7.76. The summed E-state index contributed by atoms with van der Waals surface area (Å²) in [7, 11) is -3.71. The first-order valence-corrected chi connectivity index (χ1v) is 8.07. The van der Waals surface area contributed by atoms with E-state index in [1.165, 1.54) is 6.07 Å². The van der Waals surface area contributed by atoms with E-state index in [1.807, 2.05) is 20.8 Å². The van der Waals surface area contributed by atoms with Gasteiger partial charge in [-0.15, -0.1) is 0 Å². The summed E-state index contributed by atoms with van der Waals surface area (Å²) in [6.07, 6.45) is 0.738. The monoisotopic (exact) mass is 296 g/mol. The molecule has 0 bridgehead atoms. The largest absolute Gasteiger partial charge is 0.338 e. The van der Waals surface area contributed by atoms with Gasteiger partial charge in [-0.05, 0) is 29.7 Å². The van der Waals surface area contributed by atoms with E-state index in [0.717, 1.165) is 17.5 Å². The van der Waals surface area contributed by atoms with Crippen molar-refractivity contribution < 1.29 is 13.2 Å². The van der Waals surface area contributed by atoms with Gasteiger partial charge in [0.2, 0.25) is 15.9 Å². The highest BCUT2D eigenvalue weighted by Crippen LogP contribution is 2.26. The van der Waals surface area contributed by atoms with Gasteiger partial charge in [-0.25, -0.2) is 13.6 Å². The summed E-state index contributed by atoms with van der Waals surface area (Å²) in [5.41, 5.74) is 1.51. The van der Waals surface area contributed by atoms with Gasteiger partial charge >= 0.3 is 0 Å². The number of primary sulfonamides is 1. The van der Waals surface area contributed by atoms with Gasteiger partial charge in [-0.1, -0.05) is 26.8 Å². The SMILES string of the molecule is CC(C)(C)C(=O)N1CCc2ccc(S(N)(=O)=O)cc2C1. The van der Waals surface area contributed by atoms with E-state index < -0.39 is 15.4 Å².